The number of benzene rings is 1. The van der Waals surface area contributed by atoms with Crippen molar-refractivity contribution in [2.75, 3.05) is 13.2 Å². The minimum absolute atomic E-state index is 0.109. The second kappa shape index (κ2) is 4.91. The molecule has 0 amide bonds. The summed E-state index contributed by atoms with van der Waals surface area (Å²) in [6, 6.07) is 6.25. The van der Waals surface area contributed by atoms with Gasteiger partial charge in [-0.25, -0.2) is 10.3 Å². The number of hydrogen-bond donors (Lipinski definition) is 2. The van der Waals surface area contributed by atoms with E-state index in [0.29, 0.717) is 5.56 Å². The summed E-state index contributed by atoms with van der Waals surface area (Å²) in [5, 5.41) is 8.93. The summed E-state index contributed by atoms with van der Waals surface area (Å²) < 4.78 is 13.1. The Morgan fingerprint density at radius 2 is 2.15 bits per heavy atom. The SMILES string of the molecule is NOCC(CO)c1ccccc1F. The zero-order valence-electron chi connectivity index (χ0n) is 7.11. The zero-order valence-corrected chi connectivity index (χ0v) is 7.11. The summed E-state index contributed by atoms with van der Waals surface area (Å²) in [5.74, 6) is 4.11. The van der Waals surface area contributed by atoms with Gasteiger partial charge in [-0.2, -0.15) is 0 Å². The van der Waals surface area contributed by atoms with Gasteiger partial charge in [0.2, 0.25) is 0 Å². The molecule has 3 nitrogen and oxygen atoms in total. The van der Waals surface area contributed by atoms with Crippen molar-refractivity contribution in [2.24, 2.45) is 5.90 Å². The molecule has 72 valence electrons. The van der Waals surface area contributed by atoms with Crippen LogP contribution in [0.2, 0.25) is 0 Å². The highest BCUT2D eigenvalue weighted by Gasteiger charge is 2.13. The number of nitrogens with two attached hydrogens (primary N) is 1. The Balaban J connectivity index is 2.84. The molecule has 1 aromatic rings. The Morgan fingerprint density at radius 1 is 1.46 bits per heavy atom. The van der Waals surface area contributed by atoms with Crippen molar-refractivity contribution >= 4 is 0 Å². The van der Waals surface area contributed by atoms with Crippen LogP contribution in [0.5, 0.6) is 0 Å². The van der Waals surface area contributed by atoms with E-state index in [1.807, 2.05) is 0 Å². The first kappa shape index (κ1) is 10.1. The van der Waals surface area contributed by atoms with Crippen molar-refractivity contribution in [1.82, 2.24) is 0 Å². The fraction of sp³-hybridized carbons (Fsp3) is 0.333. The van der Waals surface area contributed by atoms with E-state index in [1.165, 1.54) is 6.07 Å². The molecule has 3 N–H and O–H groups in total. The van der Waals surface area contributed by atoms with Crippen LogP contribution in [0.1, 0.15) is 11.5 Å². The van der Waals surface area contributed by atoms with Gasteiger partial charge in [0.25, 0.3) is 0 Å². The third-order valence-corrected chi connectivity index (χ3v) is 1.86. The highest BCUT2D eigenvalue weighted by atomic mass is 19.1. The molecule has 0 aromatic heterocycles. The maximum absolute atomic E-state index is 13.1. The number of hydrogen-bond acceptors (Lipinski definition) is 3. The van der Waals surface area contributed by atoms with E-state index < -0.39 is 5.92 Å². The number of aliphatic hydroxyl groups is 1. The Kier molecular flexibility index (Phi) is 3.82. The predicted molar refractivity (Wildman–Crippen MR) is 46.4 cm³/mol. The third kappa shape index (κ3) is 2.48. The lowest BCUT2D eigenvalue weighted by molar-refractivity contribution is 0.0999. The minimum Gasteiger partial charge on any atom is -0.396 e. The van der Waals surface area contributed by atoms with Crippen molar-refractivity contribution in [3.8, 4) is 0 Å². The van der Waals surface area contributed by atoms with E-state index in [9.17, 15) is 4.39 Å². The van der Waals surface area contributed by atoms with Crippen LogP contribution in [0, 0.1) is 5.82 Å². The number of rotatable bonds is 4. The largest absolute Gasteiger partial charge is 0.396 e. The van der Waals surface area contributed by atoms with E-state index in [1.54, 1.807) is 18.2 Å². The van der Waals surface area contributed by atoms with Crippen LogP contribution in [0.15, 0.2) is 24.3 Å². The minimum atomic E-state index is -0.397. The molecule has 1 aromatic carbocycles. The molecular formula is C9H12FNO2. The van der Waals surface area contributed by atoms with Crippen LogP contribution in [-0.2, 0) is 4.84 Å². The van der Waals surface area contributed by atoms with Crippen molar-refractivity contribution in [2.45, 2.75) is 5.92 Å². The van der Waals surface area contributed by atoms with Crippen LogP contribution >= 0.6 is 0 Å². The highest BCUT2D eigenvalue weighted by Crippen LogP contribution is 2.18. The molecule has 0 spiro atoms. The lowest BCUT2D eigenvalue weighted by Gasteiger charge is -2.13. The lowest BCUT2D eigenvalue weighted by Crippen LogP contribution is -2.16. The summed E-state index contributed by atoms with van der Waals surface area (Å²) in [5.41, 5.74) is 0.426. The van der Waals surface area contributed by atoms with E-state index >= 15 is 0 Å². The normalized spacial score (nSPS) is 12.8. The fourth-order valence-electron chi connectivity index (χ4n) is 1.16. The Morgan fingerprint density at radius 3 is 2.69 bits per heavy atom. The maximum atomic E-state index is 13.1. The summed E-state index contributed by atoms with van der Waals surface area (Å²) in [6.07, 6.45) is 0. The average Bonchev–Trinajstić information content (AvgIpc) is 2.16. The Labute approximate surface area is 75.9 Å². The molecule has 0 aliphatic rings. The van der Waals surface area contributed by atoms with Gasteiger partial charge in [-0.15, -0.1) is 0 Å². The summed E-state index contributed by atoms with van der Waals surface area (Å²) in [7, 11) is 0. The van der Waals surface area contributed by atoms with Gasteiger partial charge >= 0.3 is 0 Å². The molecular weight excluding hydrogens is 173 g/mol. The molecule has 0 aliphatic heterocycles. The molecule has 1 rings (SSSR count). The van der Waals surface area contributed by atoms with Crippen LogP contribution in [0.4, 0.5) is 4.39 Å². The van der Waals surface area contributed by atoms with Gasteiger partial charge in [0.05, 0.1) is 13.2 Å². The molecule has 0 radical (unpaired) electrons. The second-order valence-electron chi connectivity index (χ2n) is 2.73. The van der Waals surface area contributed by atoms with E-state index in [2.05, 4.69) is 4.84 Å². The van der Waals surface area contributed by atoms with Gasteiger partial charge in [0, 0.05) is 5.92 Å². The first-order valence-electron chi connectivity index (χ1n) is 3.96. The van der Waals surface area contributed by atoms with Crippen molar-refractivity contribution in [3.63, 3.8) is 0 Å². The molecule has 0 aliphatic carbocycles. The molecule has 4 heteroatoms. The molecule has 13 heavy (non-hydrogen) atoms. The van der Waals surface area contributed by atoms with E-state index in [0.717, 1.165) is 0 Å². The summed E-state index contributed by atoms with van der Waals surface area (Å²) in [6.45, 7) is -0.0738. The summed E-state index contributed by atoms with van der Waals surface area (Å²) >= 11 is 0. The van der Waals surface area contributed by atoms with E-state index in [-0.39, 0.29) is 19.0 Å². The van der Waals surface area contributed by atoms with Crippen molar-refractivity contribution in [3.05, 3.63) is 35.6 Å². The second-order valence-corrected chi connectivity index (χ2v) is 2.73. The smallest absolute Gasteiger partial charge is 0.126 e. The predicted octanol–water partition coefficient (Wildman–Crippen LogP) is 0.792. The van der Waals surface area contributed by atoms with Gasteiger partial charge < -0.3 is 9.94 Å². The van der Waals surface area contributed by atoms with Crippen molar-refractivity contribution < 1.29 is 14.3 Å². The highest BCUT2D eigenvalue weighted by molar-refractivity contribution is 5.21. The molecule has 0 saturated heterocycles. The molecule has 0 fully saturated rings. The van der Waals surface area contributed by atoms with Crippen LogP contribution in [0.25, 0.3) is 0 Å². The van der Waals surface area contributed by atoms with Crippen LogP contribution in [-0.4, -0.2) is 18.3 Å². The standard InChI is InChI=1S/C9H12FNO2/c10-9-4-2-1-3-8(9)7(5-12)6-13-11/h1-4,7,12H,5-6,11H2. The first-order chi connectivity index (χ1) is 6.29. The quantitative estimate of drug-likeness (QED) is 0.682. The topological polar surface area (TPSA) is 55.5 Å². The third-order valence-electron chi connectivity index (χ3n) is 1.86. The molecule has 1 atom stereocenters. The lowest BCUT2D eigenvalue weighted by atomic mass is 10.0. The van der Waals surface area contributed by atoms with Crippen molar-refractivity contribution in [1.29, 1.82) is 0 Å². The van der Waals surface area contributed by atoms with Crippen LogP contribution in [0.3, 0.4) is 0 Å². The Hall–Kier alpha value is -0.970. The maximum Gasteiger partial charge on any atom is 0.126 e. The molecule has 0 heterocycles. The van der Waals surface area contributed by atoms with Gasteiger partial charge in [-0.3, -0.25) is 0 Å². The number of halogens is 1. The van der Waals surface area contributed by atoms with E-state index in [4.69, 9.17) is 11.0 Å². The number of aliphatic hydroxyl groups excluding tert-OH is 1. The zero-order chi connectivity index (χ0) is 9.68. The molecule has 0 saturated carbocycles. The van der Waals surface area contributed by atoms with Gasteiger partial charge in [0.15, 0.2) is 0 Å². The average molecular weight is 185 g/mol. The Bertz CT molecular complexity index is 268. The monoisotopic (exact) mass is 185 g/mol. The first-order valence-corrected chi connectivity index (χ1v) is 3.96. The molecule has 1 unspecified atom stereocenters. The van der Waals surface area contributed by atoms with Gasteiger partial charge in [0.1, 0.15) is 5.82 Å². The summed E-state index contributed by atoms with van der Waals surface area (Å²) in [4.78, 5) is 4.38. The molecule has 0 bridgehead atoms. The van der Waals surface area contributed by atoms with Gasteiger partial charge in [-0.1, -0.05) is 18.2 Å². The van der Waals surface area contributed by atoms with Crippen LogP contribution < -0.4 is 5.90 Å². The van der Waals surface area contributed by atoms with Gasteiger partial charge in [-0.05, 0) is 11.6 Å². The fourth-order valence-corrected chi connectivity index (χ4v) is 1.16.